The van der Waals surface area contributed by atoms with Crippen molar-refractivity contribution >= 4 is 29.3 Å². The van der Waals surface area contributed by atoms with Gasteiger partial charge in [0, 0.05) is 5.69 Å². The van der Waals surface area contributed by atoms with Crippen molar-refractivity contribution in [2.24, 2.45) is 0 Å². The van der Waals surface area contributed by atoms with Crippen LogP contribution in [0.4, 0.5) is 5.69 Å². The van der Waals surface area contributed by atoms with Crippen molar-refractivity contribution in [2.75, 3.05) is 50.0 Å². The minimum Gasteiger partial charge on any atom is -0.334 e. The average molecular weight is 322 g/mol. The van der Waals surface area contributed by atoms with Gasteiger partial charge < -0.3 is 15.1 Å². The first-order chi connectivity index (χ1) is 10.5. The molecule has 2 amide bonds. The maximum absolute atomic E-state index is 12.1. The van der Waals surface area contributed by atoms with Gasteiger partial charge in [0.1, 0.15) is 0 Å². The van der Waals surface area contributed by atoms with Gasteiger partial charge in [0.2, 0.25) is 11.8 Å². The third-order valence-corrected chi connectivity index (χ3v) is 4.65. The van der Waals surface area contributed by atoms with Gasteiger partial charge in [0.05, 0.1) is 44.7 Å². The molecule has 2 rings (SSSR count). The molecule has 6 heteroatoms. The van der Waals surface area contributed by atoms with E-state index in [2.05, 4.69) is 12.4 Å². The molecule has 22 heavy (non-hydrogen) atoms. The van der Waals surface area contributed by atoms with Gasteiger partial charge in [-0.3, -0.25) is 9.59 Å². The Labute approximate surface area is 136 Å². The Kier molecular flexibility index (Phi) is 6.27. The number of benzene rings is 1. The zero-order valence-corrected chi connectivity index (χ0v) is 14.0. The molecule has 1 aromatic rings. The fraction of sp³-hybridized carbons (Fsp3) is 0.500. The van der Waals surface area contributed by atoms with Crippen LogP contribution in [0.3, 0.4) is 0 Å². The summed E-state index contributed by atoms with van der Waals surface area (Å²) in [4.78, 5) is 27.3. The van der Waals surface area contributed by atoms with E-state index in [0.29, 0.717) is 11.5 Å². The standard InChI is InChI=1S/C16H23N3O2S/c1-13-4-3-5-14(10-13)17-15(20)11-22-12-16(21)19-8-6-18(2)7-9-19/h3-5,10H,6-9,11-12H2,1-2H3,(H,17,20)/p+1. The quantitative estimate of drug-likeness (QED) is 0.804. The molecular formula is C16H24N3O2S+. The van der Waals surface area contributed by atoms with E-state index in [1.807, 2.05) is 36.1 Å². The smallest absolute Gasteiger partial charge is 0.234 e. The van der Waals surface area contributed by atoms with Crippen LogP contribution in [0.2, 0.25) is 0 Å². The van der Waals surface area contributed by atoms with Gasteiger partial charge in [-0.05, 0) is 24.6 Å². The lowest BCUT2D eigenvalue weighted by molar-refractivity contribution is -0.883. The highest BCUT2D eigenvalue weighted by atomic mass is 32.2. The van der Waals surface area contributed by atoms with Crippen LogP contribution in [0.25, 0.3) is 0 Å². The van der Waals surface area contributed by atoms with Gasteiger partial charge in [-0.25, -0.2) is 0 Å². The number of anilines is 1. The van der Waals surface area contributed by atoms with Crippen LogP contribution in [0, 0.1) is 6.92 Å². The van der Waals surface area contributed by atoms with Gasteiger partial charge in [-0.2, -0.15) is 0 Å². The van der Waals surface area contributed by atoms with Crippen molar-refractivity contribution in [1.82, 2.24) is 4.90 Å². The average Bonchev–Trinajstić information content (AvgIpc) is 2.47. The van der Waals surface area contributed by atoms with E-state index in [4.69, 9.17) is 0 Å². The van der Waals surface area contributed by atoms with Gasteiger partial charge in [-0.1, -0.05) is 12.1 Å². The van der Waals surface area contributed by atoms with Gasteiger partial charge in [-0.15, -0.1) is 11.8 Å². The molecule has 0 unspecified atom stereocenters. The summed E-state index contributed by atoms with van der Waals surface area (Å²) in [5.74, 6) is 0.756. The summed E-state index contributed by atoms with van der Waals surface area (Å²) in [5.41, 5.74) is 1.91. The Morgan fingerprint density at radius 3 is 2.68 bits per heavy atom. The molecule has 0 saturated carbocycles. The van der Waals surface area contributed by atoms with E-state index >= 15 is 0 Å². The third-order valence-electron chi connectivity index (χ3n) is 3.73. The van der Waals surface area contributed by atoms with Crippen molar-refractivity contribution in [3.63, 3.8) is 0 Å². The second kappa shape index (κ2) is 8.19. The summed E-state index contributed by atoms with van der Waals surface area (Å²) >= 11 is 1.38. The number of aryl methyl sites for hydroxylation is 1. The number of amides is 2. The maximum atomic E-state index is 12.1. The van der Waals surface area contributed by atoms with Crippen LogP contribution >= 0.6 is 11.8 Å². The molecule has 1 saturated heterocycles. The highest BCUT2D eigenvalue weighted by Crippen LogP contribution is 2.11. The van der Waals surface area contributed by atoms with Crippen LogP contribution < -0.4 is 10.2 Å². The SMILES string of the molecule is Cc1cccc(NC(=O)CSCC(=O)N2CC[NH+](C)CC2)c1. The molecule has 0 bridgehead atoms. The Balaban J connectivity index is 1.67. The van der Waals surface area contributed by atoms with E-state index in [1.165, 1.54) is 16.7 Å². The first-order valence-corrected chi connectivity index (χ1v) is 8.73. The molecule has 0 aliphatic carbocycles. The number of hydrogen-bond donors (Lipinski definition) is 2. The predicted molar refractivity (Wildman–Crippen MR) is 90.3 cm³/mol. The summed E-state index contributed by atoms with van der Waals surface area (Å²) in [6.45, 7) is 5.64. The van der Waals surface area contributed by atoms with Crippen LogP contribution in [0.15, 0.2) is 24.3 Å². The summed E-state index contributed by atoms with van der Waals surface area (Å²) in [6, 6.07) is 7.70. The van der Waals surface area contributed by atoms with Crippen LogP contribution in [0.1, 0.15) is 5.56 Å². The van der Waals surface area contributed by atoms with E-state index in [0.717, 1.165) is 37.4 Å². The molecule has 2 N–H and O–H groups in total. The second-order valence-electron chi connectivity index (χ2n) is 5.75. The summed E-state index contributed by atoms with van der Waals surface area (Å²) in [5, 5.41) is 2.85. The molecule has 0 radical (unpaired) electrons. The van der Waals surface area contributed by atoms with Crippen LogP contribution in [-0.4, -0.2) is 61.4 Å². The predicted octanol–water partition coefficient (Wildman–Crippen LogP) is 0.0236. The van der Waals surface area contributed by atoms with Crippen molar-refractivity contribution in [3.8, 4) is 0 Å². The first-order valence-electron chi connectivity index (χ1n) is 7.58. The van der Waals surface area contributed by atoms with Crippen LogP contribution in [-0.2, 0) is 9.59 Å². The number of piperazine rings is 1. The zero-order chi connectivity index (χ0) is 15.9. The molecule has 1 fully saturated rings. The second-order valence-corrected chi connectivity index (χ2v) is 6.73. The number of nitrogens with zero attached hydrogens (tertiary/aromatic N) is 1. The number of carbonyl (C=O) groups is 2. The monoisotopic (exact) mass is 322 g/mol. The Hall–Kier alpha value is -1.53. The third kappa shape index (κ3) is 5.35. The number of likely N-dealkylation sites (N-methyl/N-ethyl adjacent to an activating group) is 1. The number of rotatable bonds is 5. The highest BCUT2D eigenvalue weighted by Gasteiger charge is 2.21. The lowest BCUT2D eigenvalue weighted by Crippen LogP contribution is -3.12. The topological polar surface area (TPSA) is 53.9 Å². The number of hydrogen-bond acceptors (Lipinski definition) is 3. The van der Waals surface area contributed by atoms with Crippen molar-refractivity contribution in [1.29, 1.82) is 0 Å². The minimum atomic E-state index is -0.0637. The lowest BCUT2D eigenvalue weighted by Gasteiger charge is -2.30. The number of nitrogens with one attached hydrogen (secondary N) is 2. The van der Waals surface area contributed by atoms with Gasteiger partial charge in [0.15, 0.2) is 0 Å². The molecular weight excluding hydrogens is 298 g/mol. The number of thioether (sulfide) groups is 1. The molecule has 120 valence electrons. The summed E-state index contributed by atoms with van der Waals surface area (Å²) in [7, 11) is 2.15. The molecule has 0 spiro atoms. The van der Waals surface area contributed by atoms with E-state index < -0.39 is 0 Å². The van der Waals surface area contributed by atoms with Gasteiger partial charge in [0.25, 0.3) is 0 Å². The molecule has 5 nitrogen and oxygen atoms in total. The van der Waals surface area contributed by atoms with Crippen molar-refractivity contribution in [2.45, 2.75) is 6.92 Å². The van der Waals surface area contributed by atoms with E-state index in [9.17, 15) is 9.59 Å². The number of carbonyl (C=O) groups excluding carboxylic acids is 2. The van der Waals surface area contributed by atoms with Crippen molar-refractivity contribution < 1.29 is 14.5 Å². The first kappa shape index (κ1) is 16.8. The Morgan fingerprint density at radius 1 is 1.27 bits per heavy atom. The largest absolute Gasteiger partial charge is 0.334 e. The fourth-order valence-corrected chi connectivity index (χ4v) is 3.10. The molecule has 0 atom stereocenters. The molecule has 1 aliphatic rings. The maximum Gasteiger partial charge on any atom is 0.234 e. The van der Waals surface area contributed by atoms with E-state index in [-0.39, 0.29) is 11.8 Å². The summed E-state index contributed by atoms with van der Waals surface area (Å²) < 4.78 is 0. The zero-order valence-electron chi connectivity index (χ0n) is 13.2. The van der Waals surface area contributed by atoms with Crippen LogP contribution in [0.5, 0.6) is 0 Å². The molecule has 1 aliphatic heterocycles. The molecule has 1 heterocycles. The Bertz CT molecular complexity index is 528. The summed E-state index contributed by atoms with van der Waals surface area (Å²) in [6.07, 6.45) is 0. The fourth-order valence-electron chi connectivity index (χ4n) is 2.38. The van der Waals surface area contributed by atoms with Crippen molar-refractivity contribution in [3.05, 3.63) is 29.8 Å². The minimum absolute atomic E-state index is 0.0637. The lowest BCUT2D eigenvalue weighted by atomic mass is 10.2. The van der Waals surface area contributed by atoms with E-state index in [1.54, 1.807) is 0 Å². The Morgan fingerprint density at radius 2 is 2.00 bits per heavy atom. The normalized spacial score (nSPS) is 15.6. The van der Waals surface area contributed by atoms with Gasteiger partial charge >= 0.3 is 0 Å². The molecule has 0 aromatic heterocycles. The number of quaternary nitrogens is 1. The molecule has 1 aromatic carbocycles. The highest BCUT2D eigenvalue weighted by molar-refractivity contribution is 8.00.